The molecule has 86 valence electrons. The van der Waals surface area contributed by atoms with Crippen LogP contribution < -0.4 is 29.6 Å². The molecule has 3 heterocycles. The zero-order valence-corrected chi connectivity index (χ0v) is 13.2. The van der Waals surface area contributed by atoms with E-state index in [1.165, 1.54) is 0 Å². The van der Waals surface area contributed by atoms with Crippen molar-refractivity contribution < 1.29 is 29.6 Å². The largest absolute Gasteiger partial charge is 1.00 e. The minimum Gasteiger partial charge on any atom is -0.178 e. The Hall–Kier alpha value is 1.06. The molecular formula is C14H26BNa. The van der Waals surface area contributed by atoms with E-state index in [9.17, 15) is 0 Å². The summed E-state index contributed by atoms with van der Waals surface area (Å²) in [4.78, 5) is 0. The second-order valence-corrected chi connectivity index (χ2v) is 7.08. The summed E-state index contributed by atoms with van der Waals surface area (Å²) in [7, 11) is 0. The SMILES string of the molecule is C1CC2CCCC(C1)C[B-]1(CCCC1)C2.[Na+]. The van der Waals surface area contributed by atoms with Gasteiger partial charge in [-0.1, -0.05) is 63.2 Å². The average Bonchev–Trinajstić information content (AvgIpc) is 2.57. The summed E-state index contributed by atoms with van der Waals surface area (Å²) >= 11 is 0. The van der Waals surface area contributed by atoms with Gasteiger partial charge in [-0.3, -0.25) is 0 Å². The van der Waals surface area contributed by atoms with Gasteiger partial charge in [0.1, 0.15) is 0 Å². The van der Waals surface area contributed by atoms with Crippen molar-refractivity contribution >= 4 is 6.15 Å². The molecule has 0 radical (unpaired) electrons. The van der Waals surface area contributed by atoms with Crippen LogP contribution in [0.3, 0.4) is 0 Å². The van der Waals surface area contributed by atoms with Crippen molar-refractivity contribution in [1.82, 2.24) is 0 Å². The molecule has 0 aromatic rings. The van der Waals surface area contributed by atoms with Crippen molar-refractivity contribution in [3.63, 3.8) is 0 Å². The zero-order chi connectivity index (χ0) is 10.1. The summed E-state index contributed by atoms with van der Waals surface area (Å²) in [5.74, 6) is 2.29. The first kappa shape index (κ1) is 13.5. The van der Waals surface area contributed by atoms with Crippen LogP contribution in [0.4, 0.5) is 0 Å². The van der Waals surface area contributed by atoms with Crippen molar-refractivity contribution in [3.05, 3.63) is 0 Å². The summed E-state index contributed by atoms with van der Waals surface area (Å²) in [5, 5.41) is 0. The predicted octanol–water partition coefficient (Wildman–Crippen LogP) is 1.83. The fourth-order valence-electron chi connectivity index (χ4n) is 5.43. The summed E-state index contributed by atoms with van der Waals surface area (Å²) in [5.41, 5.74) is 0. The fraction of sp³-hybridized carbons (Fsp3) is 1.00. The van der Waals surface area contributed by atoms with E-state index in [1.54, 1.807) is 76.6 Å². The molecule has 4 aliphatic rings. The molecule has 1 spiro atoms. The Morgan fingerprint density at radius 1 is 0.625 bits per heavy atom. The molecule has 16 heavy (non-hydrogen) atoms. The third-order valence-electron chi connectivity index (χ3n) is 6.00. The van der Waals surface area contributed by atoms with Crippen molar-refractivity contribution in [2.45, 2.75) is 76.6 Å². The topological polar surface area (TPSA) is 0 Å². The van der Waals surface area contributed by atoms with E-state index >= 15 is 0 Å². The van der Waals surface area contributed by atoms with Gasteiger partial charge in [-0.2, -0.15) is 25.3 Å². The minimum absolute atomic E-state index is 0. The van der Waals surface area contributed by atoms with Gasteiger partial charge in [0.15, 0.2) is 0 Å². The summed E-state index contributed by atoms with van der Waals surface area (Å²) < 4.78 is 0. The van der Waals surface area contributed by atoms with E-state index in [4.69, 9.17) is 0 Å². The van der Waals surface area contributed by atoms with E-state index in [2.05, 4.69) is 0 Å². The average molecular weight is 228 g/mol. The van der Waals surface area contributed by atoms with Crippen LogP contribution in [0.5, 0.6) is 0 Å². The van der Waals surface area contributed by atoms with Gasteiger partial charge < -0.3 is 0 Å². The molecule has 4 rings (SSSR count). The van der Waals surface area contributed by atoms with E-state index in [1.807, 2.05) is 0 Å². The summed E-state index contributed by atoms with van der Waals surface area (Å²) in [6, 6.07) is 0. The molecule has 1 aliphatic carbocycles. The standard InChI is InChI=1S/C14H26B.Na/c1-2-10-15(9-1)11-13-5-3-6-14(12-15)8-4-7-13;/h13-14H,1-12H2;/q-1;+1. The molecule has 0 amide bonds. The van der Waals surface area contributed by atoms with Crippen molar-refractivity contribution in [2.24, 2.45) is 11.8 Å². The quantitative estimate of drug-likeness (QED) is 0.555. The van der Waals surface area contributed by atoms with Gasteiger partial charge in [0.2, 0.25) is 0 Å². The van der Waals surface area contributed by atoms with Crippen molar-refractivity contribution in [3.8, 4) is 0 Å². The Labute approximate surface area is 124 Å². The first-order valence-electron chi connectivity index (χ1n) is 7.58. The second-order valence-electron chi connectivity index (χ2n) is 7.08. The maximum absolute atomic E-state index is 1.68. The Bertz CT molecular complexity index is 197. The van der Waals surface area contributed by atoms with E-state index in [-0.39, 0.29) is 35.7 Å². The van der Waals surface area contributed by atoms with Gasteiger partial charge >= 0.3 is 29.6 Å². The Kier molecular flexibility index (Phi) is 4.89. The molecular weight excluding hydrogens is 202 g/mol. The molecule has 0 aromatic heterocycles. The maximum atomic E-state index is 1.68. The molecule has 0 N–H and O–H groups in total. The molecule has 0 nitrogen and oxygen atoms in total. The molecule has 0 aromatic carbocycles. The van der Waals surface area contributed by atoms with Crippen LogP contribution in [0.25, 0.3) is 0 Å². The molecule has 2 bridgehead atoms. The first-order chi connectivity index (χ1) is 7.36. The Balaban J connectivity index is 0.000000963. The zero-order valence-electron chi connectivity index (χ0n) is 11.2. The van der Waals surface area contributed by atoms with Crippen LogP contribution in [0.1, 0.15) is 51.4 Å². The van der Waals surface area contributed by atoms with Gasteiger partial charge in [-0.15, -0.1) is 0 Å². The van der Waals surface area contributed by atoms with Gasteiger partial charge in [0.25, 0.3) is 0 Å². The van der Waals surface area contributed by atoms with Crippen LogP contribution in [-0.2, 0) is 0 Å². The van der Waals surface area contributed by atoms with Crippen LogP contribution in [-0.4, -0.2) is 6.15 Å². The van der Waals surface area contributed by atoms with E-state index < -0.39 is 0 Å². The summed E-state index contributed by atoms with van der Waals surface area (Å²) in [6.07, 6.45) is 19.4. The third-order valence-corrected chi connectivity index (χ3v) is 6.00. The fourth-order valence-corrected chi connectivity index (χ4v) is 5.43. The van der Waals surface area contributed by atoms with E-state index in [0.717, 1.165) is 11.8 Å². The van der Waals surface area contributed by atoms with Gasteiger partial charge in [-0.05, 0) is 0 Å². The van der Waals surface area contributed by atoms with Crippen molar-refractivity contribution in [1.29, 1.82) is 0 Å². The molecule has 0 atom stereocenters. The van der Waals surface area contributed by atoms with Gasteiger partial charge in [0.05, 0.1) is 0 Å². The second kappa shape index (κ2) is 5.80. The molecule has 4 fully saturated rings. The van der Waals surface area contributed by atoms with Gasteiger partial charge in [0, 0.05) is 6.15 Å². The number of fused-ring (bicyclic) bond motifs is 4. The smallest absolute Gasteiger partial charge is 0.178 e. The Morgan fingerprint density at radius 3 is 1.50 bits per heavy atom. The molecule has 3 saturated heterocycles. The monoisotopic (exact) mass is 228 g/mol. The van der Waals surface area contributed by atoms with E-state index in [0.29, 0.717) is 0 Å². The van der Waals surface area contributed by atoms with Crippen LogP contribution in [0.2, 0.25) is 25.3 Å². The minimum atomic E-state index is 0. The maximum Gasteiger partial charge on any atom is 1.00 e. The number of rotatable bonds is 0. The normalized spacial score (nSPS) is 37.5. The first-order valence-corrected chi connectivity index (χ1v) is 7.58. The molecule has 0 unspecified atom stereocenters. The third kappa shape index (κ3) is 2.90. The van der Waals surface area contributed by atoms with Crippen LogP contribution in [0, 0.1) is 11.8 Å². The summed E-state index contributed by atoms with van der Waals surface area (Å²) in [6.45, 7) is 0. The Morgan fingerprint density at radius 2 is 1.06 bits per heavy atom. The number of hydrogen-bond acceptors (Lipinski definition) is 0. The van der Waals surface area contributed by atoms with Crippen LogP contribution >= 0.6 is 0 Å². The molecule has 1 saturated carbocycles. The van der Waals surface area contributed by atoms with Gasteiger partial charge in [-0.25, -0.2) is 0 Å². The molecule has 3 aliphatic heterocycles. The molecule has 2 heteroatoms. The van der Waals surface area contributed by atoms with Crippen LogP contribution in [0.15, 0.2) is 0 Å². The predicted molar refractivity (Wildman–Crippen MR) is 68.9 cm³/mol. The van der Waals surface area contributed by atoms with Crippen molar-refractivity contribution in [2.75, 3.05) is 0 Å². The number of hydrogen-bond donors (Lipinski definition) is 0.